The zero-order valence-electron chi connectivity index (χ0n) is 14.5. The van der Waals surface area contributed by atoms with Crippen LogP contribution in [0.1, 0.15) is 25.8 Å². The van der Waals surface area contributed by atoms with Crippen molar-refractivity contribution in [2.45, 2.75) is 32.9 Å². The van der Waals surface area contributed by atoms with Crippen LogP contribution in [0.15, 0.2) is 24.3 Å². The lowest BCUT2D eigenvalue weighted by molar-refractivity contribution is 0.0252. The minimum absolute atomic E-state index is 0.235. The predicted molar refractivity (Wildman–Crippen MR) is 93.4 cm³/mol. The first-order valence-corrected chi connectivity index (χ1v) is 8.09. The third kappa shape index (κ3) is 8.61. The molecule has 1 aromatic rings. The van der Waals surface area contributed by atoms with Gasteiger partial charge in [0, 0.05) is 13.1 Å². The number of benzene rings is 1. The second kappa shape index (κ2) is 11.1. The van der Waals surface area contributed by atoms with Crippen molar-refractivity contribution < 1.29 is 14.6 Å². The van der Waals surface area contributed by atoms with Gasteiger partial charge in [0.15, 0.2) is 0 Å². The molecule has 0 spiro atoms. The van der Waals surface area contributed by atoms with E-state index >= 15 is 0 Å². The molecule has 128 valence electrons. The summed E-state index contributed by atoms with van der Waals surface area (Å²) in [7, 11) is 1.67. The Hall–Kier alpha value is -1.54. The first-order chi connectivity index (χ1) is 11.0. The van der Waals surface area contributed by atoms with Gasteiger partial charge >= 0.3 is 0 Å². The molecule has 1 rings (SSSR count). The molecule has 1 atom stereocenters. The van der Waals surface area contributed by atoms with Crippen molar-refractivity contribution in [2.75, 3.05) is 33.4 Å². The molecular formula is C19H29NO3. The predicted octanol–water partition coefficient (Wildman–Crippen LogP) is 2.55. The highest BCUT2D eigenvalue weighted by atomic mass is 16.5. The van der Waals surface area contributed by atoms with E-state index in [2.05, 4.69) is 30.7 Å². The van der Waals surface area contributed by atoms with Gasteiger partial charge in [-0.25, -0.2) is 0 Å². The normalized spacial score (nSPS) is 12.4. The third-order valence-electron chi connectivity index (χ3n) is 3.53. The highest BCUT2D eigenvalue weighted by molar-refractivity contribution is 5.28. The van der Waals surface area contributed by atoms with Gasteiger partial charge in [0.05, 0.1) is 19.8 Å². The van der Waals surface area contributed by atoms with Gasteiger partial charge in [-0.05, 0) is 36.6 Å². The molecule has 0 fully saturated rings. The second-order valence-corrected chi connectivity index (χ2v) is 6.14. The lowest BCUT2D eigenvalue weighted by Gasteiger charge is -2.26. The van der Waals surface area contributed by atoms with Gasteiger partial charge in [-0.15, -0.1) is 6.42 Å². The van der Waals surface area contributed by atoms with Crippen LogP contribution in [0.3, 0.4) is 0 Å². The van der Waals surface area contributed by atoms with Gasteiger partial charge in [-0.2, -0.15) is 0 Å². The van der Waals surface area contributed by atoms with Gasteiger partial charge in [-0.3, -0.25) is 4.90 Å². The molecule has 23 heavy (non-hydrogen) atoms. The molecule has 0 bridgehead atoms. The second-order valence-electron chi connectivity index (χ2n) is 6.14. The Bertz CT molecular complexity index is 482. The number of rotatable bonds is 11. The van der Waals surface area contributed by atoms with Crippen molar-refractivity contribution in [3.63, 3.8) is 0 Å². The van der Waals surface area contributed by atoms with Crippen molar-refractivity contribution >= 4 is 0 Å². The number of aliphatic hydroxyl groups is 1. The minimum Gasteiger partial charge on any atom is -0.497 e. The molecule has 4 nitrogen and oxygen atoms in total. The first kappa shape index (κ1) is 19.5. The van der Waals surface area contributed by atoms with Crippen LogP contribution in [0.25, 0.3) is 0 Å². The van der Waals surface area contributed by atoms with Gasteiger partial charge in [0.25, 0.3) is 0 Å². The van der Waals surface area contributed by atoms with Gasteiger partial charge < -0.3 is 14.6 Å². The smallest absolute Gasteiger partial charge is 0.119 e. The lowest BCUT2D eigenvalue weighted by Crippen LogP contribution is -2.35. The van der Waals surface area contributed by atoms with E-state index in [0.717, 1.165) is 25.3 Å². The molecule has 0 saturated heterocycles. The Morgan fingerprint density at radius 1 is 1.35 bits per heavy atom. The fourth-order valence-corrected chi connectivity index (χ4v) is 2.31. The van der Waals surface area contributed by atoms with E-state index in [1.54, 1.807) is 7.11 Å². The Balaban J connectivity index is 2.61. The summed E-state index contributed by atoms with van der Waals surface area (Å²) in [5.41, 5.74) is 1.17. The molecule has 1 aromatic carbocycles. The number of ether oxygens (including phenoxy) is 2. The molecule has 0 saturated carbocycles. The molecule has 0 aromatic heterocycles. The number of aliphatic hydroxyl groups excluding tert-OH is 1. The zero-order chi connectivity index (χ0) is 17.1. The quantitative estimate of drug-likeness (QED) is 0.503. The molecule has 0 aliphatic carbocycles. The van der Waals surface area contributed by atoms with Crippen molar-refractivity contribution in [1.82, 2.24) is 4.90 Å². The molecule has 4 heteroatoms. The summed E-state index contributed by atoms with van der Waals surface area (Å²) in [6.07, 6.45) is 5.69. The van der Waals surface area contributed by atoms with E-state index in [-0.39, 0.29) is 13.2 Å². The van der Waals surface area contributed by atoms with Crippen molar-refractivity contribution in [2.24, 2.45) is 5.92 Å². The van der Waals surface area contributed by atoms with Crippen LogP contribution < -0.4 is 4.74 Å². The minimum atomic E-state index is -0.541. The van der Waals surface area contributed by atoms with E-state index in [4.69, 9.17) is 15.9 Å². The van der Waals surface area contributed by atoms with E-state index < -0.39 is 6.10 Å². The average molecular weight is 319 g/mol. The maximum Gasteiger partial charge on any atom is 0.119 e. The summed E-state index contributed by atoms with van der Waals surface area (Å²) in [4.78, 5) is 2.25. The fourth-order valence-electron chi connectivity index (χ4n) is 2.31. The number of methoxy groups -OCH3 is 1. The summed E-state index contributed by atoms with van der Waals surface area (Å²) >= 11 is 0. The molecule has 0 aliphatic rings. The number of hydrogen-bond donors (Lipinski definition) is 1. The maximum atomic E-state index is 10.1. The maximum absolute atomic E-state index is 10.1. The third-order valence-corrected chi connectivity index (χ3v) is 3.53. The van der Waals surface area contributed by atoms with Gasteiger partial charge in [-0.1, -0.05) is 31.9 Å². The van der Waals surface area contributed by atoms with Crippen LogP contribution in [0.4, 0.5) is 0 Å². The summed E-state index contributed by atoms with van der Waals surface area (Å²) in [5.74, 6) is 3.88. The Kier molecular flexibility index (Phi) is 9.39. The van der Waals surface area contributed by atoms with E-state index in [0.29, 0.717) is 12.5 Å². The molecular weight excluding hydrogens is 290 g/mol. The lowest BCUT2D eigenvalue weighted by atomic mass is 10.1. The Morgan fingerprint density at radius 3 is 2.78 bits per heavy atom. The molecule has 0 aliphatic heterocycles. The fraction of sp³-hybridized carbons (Fsp3) is 0.579. The Morgan fingerprint density at radius 2 is 2.13 bits per heavy atom. The highest BCUT2D eigenvalue weighted by Crippen LogP contribution is 2.15. The first-order valence-electron chi connectivity index (χ1n) is 8.09. The van der Waals surface area contributed by atoms with Crippen LogP contribution in [0, 0.1) is 18.3 Å². The number of hydrogen-bond acceptors (Lipinski definition) is 4. The van der Waals surface area contributed by atoms with Crippen LogP contribution in [0.2, 0.25) is 0 Å². The van der Waals surface area contributed by atoms with E-state index in [1.165, 1.54) is 5.56 Å². The van der Waals surface area contributed by atoms with E-state index in [9.17, 15) is 5.11 Å². The summed E-state index contributed by atoms with van der Waals surface area (Å²) < 4.78 is 10.5. The standard InChI is InChI=1S/C19H29NO3/c1-5-11-23-15-18(21)14-20(10-9-16(2)3)13-17-7-6-8-19(12-17)22-4/h1,6-8,12,16,18,21H,9-11,13-15H2,2-4H3. The molecule has 0 radical (unpaired) electrons. The zero-order valence-corrected chi connectivity index (χ0v) is 14.5. The summed E-state index contributed by atoms with van der Waals surface area (Å²) in [6.45, 7) is 7.18. The summed E-state index contributed by atoms with van der Waals surface area (Å²) in [5, 5.41) is 10.1. The monoisotopic (exact) mass is 319 g/mol. The SMILES string of the molecule is C#CCOCC(O)CN(CCC(C)C)Cc1cccc(OC)c1. The largest absolute Gasteiger partial charge is 0.497 e. The summed E-state index contributed by atoms with van der Waals surface area (Å²) in [6, 6.07) is 8.03. The van der Waals surface area contributed by atoms with Gasteiger partial charge in [0.1, 0.15) is 12.4 Å². The topological polar surface area (TPSA) is 41.9 Å². The number of terminal acetylenes is 1. The average Bonchev–Trinajstić information content (AvgIpc) is 2.53. The van der Waals surface area contributed by atoms with Crippen LogP contribution in [0.5, 0.6) is 5.75 Å². The molecule has 0 heterocycles. The molecule has 0 amide bonds. The van der Waals surface area contributed by atoms with Gasteiger partial charge in [0.2, 0.25) is 0 Å². The number of nitrogens with zero attached hydrogens (tertiary/aromatic N) is 1. The highest BCUT2D eigenvalue weighted by Gasteiger charge is 2.13. The Labute approximate surface area is 140 Å². The van der Waals surface area contributed by atoms with Crippen molar-refractivity contribution in [3.8, 4) is 18.1 Å². The van der Waals surface area contributed by atoms with E-state index in [1.807, 2.05) is 18.2 Å². The molecule has 1 unspecified atom stereocenters. The van der Waals surface area contributed by atoms with Crippen LogP contribution in [-0.2, 0) is 11.3 Å². The van der Waals surface area contributed by atoms with Crippen molar-refractivity contribution in [1.29, 1.82) is 0 Å². The molecule has 1 N–H and O–H groups in total. The van der Waals surface area contributed by atoms with Crippen LogP contribution in [-0.4, -0.2) is 49.5 Å². The van der Waals surface area contributed by atoms with Crippen molar-refractivity contribution in [3.05, 3.63) is 29.8 Å². The van der Waals surface area contributed by atoms with Crippen LogP contribution >= 0.6 is 0 Å².